The summed E-state index contributed by atoms with van der Waals surface area (Å²) >= 11 is 0. The van der Waals surface area contributed by atoms with Crippen LogP contribution in [0.25, 0.3) is 0 Å². The number of phenols is 2. The molecule has 1 aliphatic rings. The maximum Gasteiger partial charge on any atom is 0.251 e. The second kappa shape index (κ2) is 8.39. The second-order valence-electron chi connectivity index (χ2n) is 7.66. The van der Waals surface area contributed by atoms with E-state index < -0.39 is 0 Å². The van der Waals surface area contributed by atoms with Gasteiger partial charge in [0.05, 0.1) is 0 Å². The molecule has 0 unspecified atom stereocenters. The van der Waals surface area contributed by atoms with Crippen LogP contribution in [0.3, 0.4) is 0 Å². The zero-order chi connectivity index (χ0) is 20.2. The van der Waals surface area contributed by atoms with E-state index in [1.807, 2.05) is 48.5 Å². The van der Waals surface area contributed by atoms with E-state index in [4.69, 9.17) is 0 Å². The quantitative estimate of drug-likeness (QED) is 0.543. The van der Waals surface area contributed by atoms with Gasteiger partial charge in [0.2, 0.25) is 0 Å². The summed E-state index contributed by atoms with van der Waals surface area (Å²) in [5.74, 6) is 0.160. The van der Waals surface area contributed by atoms with Gasteiger partial charge in [-0.2, -0.15) is 0 Å². The van der Waals surface area contributed by atoms with Gasteiger partial charge in [0.15, 0.2) is 0 Å². The molecule has 0 saturated heterocycles. The van der Waals surface area contributed by atoms with Gasteiger partial charge in [-0.15, -0.1) is 0 Å². The fraction of sp³-hybridized carbons (Fsp3) is 0.240. The van der Waals surface area contributed by atoms with Crippen molar-refractivity contribution < 1.29 is 15.0 Å². The van der Waals surface area contributed by atoms with Crippen molar-refractivity contribution in [3.05, 3.63) is 95.1 Å². The number of benzene rings is 3. The summed E-state index contributed by atoms with van der Waals surface area (Å²) in [6, 6.07) is 22.0. The van der Waals surface area contributed by atoms with E-state index in [1.54, 1.807) is 24.3 Å². The Morgan fingerprint density at radius 2 is 1.31 bits per heavy atom. The molecule has 29 heavy (non-hydrogen) atoms. The van der Waals surface area contributed by atoms with Crippen molar-refractivity contribution in [3.8, 4) is 11.5 Å². The van der Waals surface area contributed by atoms with Crippen LogP contribution >= 0.6 is 0 Å². The molecule has 3 aromatic rings. The van der Waals surface area contributed by atoms with Crippen LogP contribution in [0, 0.1) is 0 Å². The molecule has 148 valence electrons. The summed E-state index contributed by atoms with van der Waals surface area (Å²) in [6.07, 6.45) is 4.40. The Balaban J connectivity index is 1.77. The van der Waals surface area contributed by atoms with Crippen molar-refractivity contribution in [3.63, 3.8) is 0 Å². The zero-order valence-corrected chi connectivity index (χ0v) is 16.2. The predicted octanol–water partition coefficient (Wildman–Crippen LogP) is 4.95. The molecule has 4 rings (SSSR count). The number of carbonyl (C=O) groups excluding carboxylic acids is 1. The van der Waals surface area contributed by atoms with E-state index in [9.17, 15) is 15.0 Å². The van der Waals surface area contributed by atoms with Gasteiger partial charge >= 0.3 is 0 Å². The highest BCUT2D eigenvalue weighted by molar-refractivity contribution is 5.96. The summed E-state index contributed by atoms with van der Waals surface area (Å²) in [7, 11) is 0. The summed E-state index contributed by atoms with van der Waals surface area (Å²) in [4.78, 5) is 13.1. The molecule has 3 aromatic carbocycles. The SMILES string of the molecule is O=C(NC1CCCC1)c1ccccc1C(c1ccc(O)cc1)c1ccc(O)cc1. The third-order valence-corrected chi connectivity index (χ3v) is 5.66. The van der Waals surface area contributed by atoms with E-state index in [0.29, 0.717) is 5.56 Å². The third-order valence-electron chi connectivity index (χ3n) is 5.66. The van der Waals surface area contributed by atoms with E-state index in [2.05, 4.69) is 5.32 Å². The molecule has 0 aliphatic heterocycles. The van der Waals surface area contributed by atoms with Gasteiger partial charge in [-0.05, 0) is 59.9 Å². The minimum atomic E-state index is -0.193. The highest BCUT2D eigenvalue weighted by atomic mass is 16.3. The van der Waals surface area contributed by atoms with Crippen LogP contribution < -0.4 is 5.32 Å². The van der Waals surface area contributed by atoms with Crippen molar-refractivity contribution in [2.24, 2.45) is 0 Å². The van der Waals surface area contributed by atoms with Gasteiger partial charge in [-0.3, -0.25) is 4.79 Å². The summed E-state index contributed by atoms with van der Waals surface area (Å²) in [6.45, 7) is 0. The van der Waals surface area contributed by atoms with Gasteiger partial charge in [-0.25, -0.2) is 0 Å². The predicted molar refractivity (Wildman–Crippen MR) is 113 cm³/mol. The Morgan fingerprint density at radius 1 is 0.793 bits per heavy atom. The van der Waals surface area contributed by atoms with Crippen molar-refractivity contribution in [2.45, 2.75) is 37.6 Å². The topological polar surface area (TPSA) is 69.6 Å². The molecule has 0 radical (unpaired) electrons. The first kappa shape index (κ1) is 19.1. The first-order valence-corrected chi connectivity index (χ1v) is 10.1. The number of hydrogen-bond donors (Lipinski definition) is 3. The van der Waals surface area contributed by atoms with Crippen LogP contribution in [0.2, 0.25) is 0 Å². The smallest absolute Gasteiger partial charge is 0.251 e. The molecule has 0 aromatic heterocycles. The molecule has 0 bridgehead atoms. The van der Waals surface area contributed by atoms with E-state index in [-0.39, 0.29) is 29.4 Å². The largest absolute Gasteiger partial charge is 0.508 e. The van der Waals surface area contributed by atoms with Gasteiger partial charge in [-0.1, -0.05) is 55.3 Å². The molecular weight excluding hydrogens is 362 g/mol. The molecule has 1 aliphatic carbocycles. The van der Waals surface area contributed by atoms with Crippen LogP contribution in [0.1, 0.15) is 58.6 Å². The highest BCUT2D eigenvalue weighted by Crippen LogP contribution is 2.35. The lowest BCUT2D eigenvalue weighted by Crippen LogP contribution is -2.33. The van der Waals surface area contributed by atoms with Gasteiger partial charge < -0.3 is 15.5 Å². The number of carbonyl (C=O) groups is 1. The first-order valence-electron chi connectivity index (χ1n) is 10.1. The van der Waals surface area contributed by atoms with Crippen LogP contribution in [0.4, 0.5) is 0 Å². The minimum Gasteiger partial charge on any atom is -0.508 e. The van der Waals surface area contributed by atoms with E-state index in [0.717, 1.165) is 42.4 Å². The minimum absolute atomic E-state index is 0.0462. The average Bonchev–Trinajstić information content (AvgIpc) is 3.24. The number of rotatable bonds is 5. The van der Waals surface area contributed by atoms with Crippen molar-refractivity contribution in [1.82, 2.24) is 5.32 Å². The van der Waals surface area contributed by atoms with Gasteiger partial charge in [0.1, 0.15) is 11.5 Å². The van der Waals surface area contributed by atoms with Crippen molar-refractivity contribution in [2.75, 3.05) is 0 Å². The Kier molecular flexibility index (Phi) is 5.52. The highest BCUT2D eigenvalue weighted by Gasteiger charge is 2.24. The first-order chi connectivity index (χ1) is 14.1. The fourth-order valence-corrected chi connectivity index (χ4v) is 4.17. The summed E-state index contributed by atoms with van der Waals surface area (Å²) in [5, 5.41) is 22.6. The van der Waals surface area contributed by atoms with Crippen LogP contribution in [0.15, 0.2) is 72.8 Å². The molecule has 4 heteroatoms. The van der Waals surface area contributed by atoms with E-state index >= 15 is 0 Å². The summed E-state index contributed by atoms with van der Waals surface area (Å²) in [5.41, 5.74) is 3.49. The average molecular weight is 387 g/mol. The number of phenolic OH excluding ortho intramolecular Hbond substituents is 2. The molecule has 0 spiro atoms. The lowest BCUT2D eigenvalue weighted by Gasteiger charge is -2.22. The fourth-order valence-electron chi connectivity index (χ4n) is 4.17. The molecule has 3 N–H and O–H groups in total. The second-order valence-corrected chi connectivity index (χ2v) is 7.66. The van der Waals surface area contributed by atoms with Crippen molar-refractivity contribution in [1.29, 1.82) is 0 Å². The molecule has 0 heterocycles. The lowest BCUT2D eigenvalue weighted by atomic mass is 9.82. The maximum absolute atomic E-state index is 13.1. The Labute approximate surface area is 170 Å². The maximum atomic E-state index is 13.1. The third kappa shape index (κ3) is 4.27. The molecule has 0 atom stereocenters. The molecule has 4 nitrogen and oxygen atoms in total. The molecular formula is C25H25NO3. The molecule has 1 fully saturated rings. The summed E-state index contributed by atoms with van der Waals surface area (Å²) < 4.78 is 0. The Morgan fingerprint density at radius 3 is 1.86 bits per heavy atom. The normalized spacial score (nSPS) is 14.2. The monoisotopic (exact) mass is 387 g/mol. The van der Waals surface area contributed by atoms with E-state index in [1.165, 1.54) is 0 Å². The number of nitrogens with one attached hydrogen (secondary N) is 1. The molecule has 1 amide bonds. The lowest BCUT2D eigenvalue weighted by molar-refractivity contribution is 0.0937. The number of amides is 1. The van der Waals surface area contributed by atoms with Gasteiger partial charge in [0, 0.05) is 17.5 Å². The standard InChI is InChI=1S/C25H25NO3/c27-20-13-9-17(10-14-20)24(18-11-15-21(28)16-12-18)22-7-3-4-8-23(22)25(29)26-19-5-1-2-6-19/h3-4,7-16,19,24,27-28H,1-2,5-6H2,(H,26,29). The Bertz CT molecular complexity index is 928. The number of hydrogen-bond acceptors (Lipinski definition) is 3. The number of aromatic hydroxyl groups is 2. The van der Waals surface area contributed by atoms with Crippen molar-refractivity contribution >= 4 is 5.91 Å². The van der Waals surface area contributed by atoms with Crippen LogP contribution in [-0.4, -0.2) is 22.2 Å². The van der Waals surface area contributed by atoms with Crippen LogP contribution in [0.5, 0.6) is 11.5 Å². The zero-order valence-electron chi connectivity index (χ0n) is 16.2. The Hall–Kier alpha value is -3.27. The van der Waals surface area contributed by atoms with Crippen LogP contribution in [-0.2, 0) is 0 Å². The van der Waals surface area contributed by atoms with Gasteiger partial charge in [0.25, 0.3) is 5.91 Å². The molecule has 1 saturated carbocycles.